The van der Waals surface area contributed by atoms with Crippen molar-refractivity contribution in [3.8, 4) is 11.5 Å². The van der Waals surface area contributed by atoms with E-state index in [9.17, 15) is 22.9 Å². The predicted octanol–water partition coefficient (Wildman–Crippen LogP) is 4.10. The van der Waals surface area contributed by atoms with E-state index in [0.29, 0.717) is 23.1 Å². The first-order valence-electron chi connectivity index (χ1n) is 11.7. The normalized spacial score (nSPS) is 11.4. The van der Waals surface area contributed by atoms with Crippen LogP contribution in [0.1, 0.15) is 29.8 Å². The molecule has 4 aromatic rings. The fraction of sp³-hybridized carbons (Fsp3) is 0.148. The van der Waals surface area contributed by atoms with E-state index in [0.717, 1.165) is 0 Å². The van der Waals surface area contributed by atoms with E-state index in [-0.39, 0.29) is 74.2 Å². The second-order valence-electron chi connectivity index (χ2n) is 8.24. The molecule has 40 heavy (non-hydrogen) atoms. The molecular weight excluding hydrogens is 588 g/mol. The van der Waals surface area contributed by atoms with Gasteiger partial charge in [0.1, 0.15) is 21.4 Å². The molecule has 0 aromatic heterocycles. The van der Waals surface area contributed by atoms with Crippen molar-refractivity contribution in [2.45, 2.75) is 25.2 Å². The summed E-state index contributed by atoms with van der Waals surface area (Å²) >= 11 is 12.6. The number of nitrogens with one attached hydrogen (secondary N) is 1. The minimum absolute atomic E-state index is 0. The molecule has 1 amide bonds. The molecule has 0 heterocycles. The Morgan fingerprint density at radius 3 is 2.40 bits per heavy atom. The van der Waals surface area contributed by atoms with Crippen molar-refractivity contribution >= 4 is 67.1 Å². The van der Waals surface area contributed by atoms with Crippen LogP contribution in [0.15, 0.2) is 75.8 Å². The average Bonchev–Trinajstić information content (AvgIpc) is 2.90. The van der Waals surface area contributed by atoms with Gasteiger partial charge in [-0.1, -0.05) is 72.3 Å². The number of benzene rings is 4. The summed E-state index contributed by atoms with van der Waals surface area (Å²) in [7, 11) is -4.73. The van der Waals surface area contributed by atoms with E-state index in [1.165, 1.54) is 18.2 Å². The van der Waals surface area contributed by atoms with Gasteiger partial charge < -0.3 is 15.2 Å². The molecule has 0 saturated heterocycles. The van der Waals surface area contributed by atoms with Gasteiger partial charge in [-0.15, -0.1) is 5.11 Å². The smallest absolute Gasteiger partial charge is 0.870 e. The molecule has 0 unspecified atom stereocenters. The molecule has 4 aromatic carbocycles. The van der Waals surface area contributed by atoms with E-state index in [2.05, 4.69) is 15.5 Å². The van der Waals surface area contributed by atoms with Gasteiger partial charge in [-0.3, -0.25) is 9.35 Å². The summed E-state index contributed by atoms with van der Waals surface area (Å²) in [6.45, 7) is 3.85. The Balaban J connectivity index is 0.00000441. The maximum Gasteiger partial charge on any atom is 1.00 e. The maximum atomic E-state index is 13.5. The Labute approximate surface area is 263 Å². The molecule has 0 aliphatic carbocycles. The number of anilines is 1. The molecule has 202 valence electrons. The number of aryl methyl sites for hydroxylation is 1. The Hall–Kier alpha value is -2.70. The molecule has 2 N–H and O–H groups in total. The standard InChI is InChI=1S/C27H23Cl2N3O6S.Na/c1-3-15-12-13-19(28)24(26(15)39(35,36)37)32-31-23-17-9-6-5-8-16(17)14-18(25(23)33)27(34)30-20-10-7-11-21(22(20)29)38-4-2;/h5-14,33H,3-4H2,1-2H3,(H,30,34)(H,35,36,37);/q;+1/p-1. The number of hydrogen-bond donors (Lipinski definition) is 2. The summed E-state index contributed by atoms with van der Waals surface area (Å²) in [5.41, 5.74) is -0.279. The van der Waals surface area contributed by atoms with Crippen molar-refractivity contribution in [2.75, 3.05) is 11.9 Å². The van der Waals surface area contributed by atoms with Crippen molar-refractivity contribution in [3.63, 3.8) is 0 Å². The van der Waals surface area contributed by atoms with Gasteiger partial charge in [-0.25, -0.2) is 0 Å². The topological polar surface area (TPSA) is 140 Å². The molecule has 0 fully saturated rings. The third-order valence-electron chi connectivity index (χ3n) is 5.78. The number of nitrogens with zero attached hydrogens (tertiary/aromatic N) is 2. The average molecular weight is 610 g/mol. The van der Waals surface area contributed by atoms with Crippen LogP contribution in [0.25, 0.3) is 10.8 Å². The molecule has 0 atom stereocenters. The molecule has 0 radical (unpaired) electrons. The minimum atomic E-state index is -4.73. The van der Waals surface area contributed by atoms with Gasteiger partial charge in [0.2, 0.25) is 0 Å². The zero-order valence-electron chi connectivity index (χ0n) is 21.7. The third kappa shape index (κ3) is 6.60. The van der Waals surface area contributed by atoms with E-state index >= 15 is 0 Å². The van der Waals surface area contributed by atoms with E-state index in [1.807, 2.05) is 0 Å². The summed E-state index contributed by atoms with van der Waals surface area (Å²) in [5, 5.41) is 25.1. The van der Waals surface area contributed by atoms with Crippen molar-refractivity contribution in [3.05, 3.63) is 81.8 Å². The summed E-state index contributed by atoms with van der Waals surface area (Å²) in [4.78, 5) is 12.7. The van der Waals surface area contributed by atoms with Gasteiger partial charge in [-0.2, -0.15) is 13.5 Å². The van der Waals surface area contributed by atoms with Crippen LogP contribution >= 0.6 is 23.2 Å². The number of fused-ring (bicyclic) bond motifs is 1. The zero-order valence-corrected chi connectivity index (χ0v) is 26.1. The van der Waals surface area contributed by atoms with Crippen molar-refractivity contribution in [1.29, 1.82) is 0 Å². The minimum Gasteiger partial charge on any atom is -0.870 e. The fourth-order valence-electron chi connectivity index (χ4n) is 3.99. The van der Waals surface area contributed by atoms with E-state index in [4.69, 9.17) is 27.9 Å². The first-order valence-corrected chi connectivity index (χ1v) is 13.9. The second-order valence-corrected chi connectivity index (χ2v) is 10.4. The number of carbonyl (C=O) groups is 1. The van der Waals surface area contributed by atoms with Crippen LogP contribution in [0, 0.1) is 0 Å². The van der Waals surface area contributed by atoms with Gasteiger partial charge in [0.15, 0.2) is 0 Å². The van der Waals surface area contributed by atoms with Crippen LogP contribution in [-0.4, -0.2) is 25.5 Å². The number of carbonyl (C=O) groups excluding carboxylic acids is 1. The molecule has 9 nitrogen and oxygen atoms in total. The Bertz CT molecular complexity index is 1730. The monoisotopic (exact) mass is 609 g/mol. The fourth-order valence-corrected chi connectivity index (χ4v) is 5.41. The molecule has 0 aliphatic rings. The van der Waals surface area contributed by atoms with Gasteiger partial charge in [0.25, 0.3) is 16.0 Å². The number of halogens is 2. The SMILES string of the molecule is CCOc1cccc(NC(=O)c2cc3ccccc3c(N=Nc3c(Cl)ccc(CC)c3S(=O)(=O)O)c2[O-])c1Cl.[Na+]. The van der Waals surface area contributed by atoms with Gasteiger partial charge >= 0.3 is 29.6 Å². The molecule has 0 spiro atoms. The number of ether oxygens (including phenoxy) is 1. The third-order valence-corrected chi connectivity index (χ3v) is 7.45. The van der Waals surface area contributed by atoms with Crippen LogP contribution in [-0.2, 0) is 16.5 Å². The molecule has 0 bridgehead atoms. The first kappa shape index (κ1) is 31.8. The number of hydrogen-bond acceptors (Lipinski definition) is 7. The largest absolute Gasteiger partial charge is 1.00 e. The van der Waals surface area contributed by atoms with E-state index < -0.39 is 26.7 Å². The summed E-state index contributed by atoms with van der Waals surface area (Å²) in [5.74, 6) is -1.14. The second kappa shape index (κ2) is 13.3. The van der Waals surface area contributed by atoms with Crippen molar-refractivity contribution in [2.24, 2.45) is 10.2 Å². The van der Waals surface area contributed by atoms with Crippen molar-refractivity contribution in [1.82, 2.24) is 0 Å². The molecule has 0 saturated carbocycles. The van der Waals surface area contributed by atoms with Gasteiger partial charge in [0.05, 0.1) is 23.0 Å². The molecule has 0 aliphatic heterocycles. The Morgan fingerprint density at radius 1 is 1.02 bits per heavy atom. The predicted molar refractivity (Wildman–Crippen MR) is 149 cm³/mol. The van der Waals surface area contributed by atoms with Crippen molar-refractivity contribution < 1.29 is 57.2 Å². The van der Waals surface area contributed by atoms with Crippen LogP contribution in [0.3, 0.4) is 0 Å². The summed E-state index contributed by atoms with van der Waals surface area (Å²) in [6, 6.07) is 15.8. The van der Waals surface area contributed by atoms with Crippen LogP contribution in [0.2, 0.25) is 10.0 Å². The molecule has 13 heteroatoms. The number of amides is 1. The van der Waals surface area contributed by atoms with Gasteiger partial charge in [0, 0.05) is 10.9 Å². The number of azo groups is 1. The maximum absolute atomic E-state index is 13.5. The number of rotatable bonds is 8. The summed E-state index contributed by atoms with van der Waals surface area (Å²) < 4.78 is 39.6. The Kier molecular flexibility index (Phi) is 10.6. The molecular formula is C27H22Cl2N3NaO6S. The van der Waals surface area contributed by atoms with Gasteiger partial charge in [-0.05, 0) is 48.6 Å². The van der Waals surface area contributed by atoms with Crippen LogP contribution in [0.4, 0.5) is 17.1 Å². The zero-order chi connectivity index (χ0) is 28.3. The summed E-state index contributed by atoms with van der Waals surface area (Å²) in [6.07, 6.45) is 0.257. The van der Waals surface area contributed by atoms with Crippen LogP contribution in [0.5, 0.6) is 11.5 Å². The first-order chi connectivity index (χ1) is 18.6. The quantitative estimate of drug-likeness (QED) is 0.175. The Morgan fingerprint density at radius 2 is 1.73 bits per heavy atom. The van der Waals surface area contributed by atoms with Crippen LogP contribution < -0.4 is 44.7 Å². The van der Waals surface area contributed by atoms with E-state index in [1.54, 1.807) is 56.3 Å². The molecule has 4 rings (SSSR count).